The number of fused-ring (bicyclic) bond motifs is 1. The zero-order valence-electron chi connectivity index (χ0n) is 6.01. The molecule has 0 bridgehead atoms. The summed E-state index contributed by atoms with van der Waals surface area (Å²) in [4.78, 5) is 10.7. The van der Waals surface area contributed by atoms with Crippen LogP contribution in [0.25, 0.3) is 5.65 Å². The van der Waals surface area contributed by atoms with Crippen molar-refractivity contribution >= 4 is 11.6 Å². The Hall–Kier alpha value is -1.98. The standard InChI is InChI=1S/C6H5N5O/c7-6(12)4-1-2-5-8-9-10-11(5)3-4/h1-3H,(H2,7,12). The second-order valence-corrected chi connectivity index (χ2v) is 2.26. The van der Waals surface area contributed by atoms with Gasteiger partial charge in [-0.1, -0.05) is 0 Å². The molecule has 0 aromatic carbocycles. The van der Waals surface area contributed by atoms with Gasteiger partial charge in [-0.3, -0.25) is 4.79 Å². The molecule has 2 N–H and O–H groups in total. The molecule has 6 nitrogen and oxygen atoms in total. The molecule has 0 spiro atoms. The smallest absolute Gasteiger partial charge is 0.250 e. The molecule has 0 unspecified atom stereocenters. The first-order valence-electron chi connectivity index (χ1n) is 3.25. The van der Waals surface area contributed by atoms with Crippen LogP contribution in [0.2, 0.25) is 0 Å². The molecule has 0 saturated carbocycles. The molecule has 6 heteroatoms. The molecule has 0 radical (unpaired) electrons. The molecule has 0 aliphatic rings. The van der Waals surface area contributed by atoms with Crippen LogP contribution in [-0.4, -0.2) is 25.9 Å². The summed E-state index contributed by atoms with van der Waals surface area (Å²) in [5.74, 6) is -0.493. The van der Waals surface area contributed by atoms with Gasteiger partial charge in [-0.05, 0) is 22.6 Å². The quantitative estimate of drug-likeness (QED) is 0.597. The second kappa shape index (κ2) is 2.26. The number of pyridine rings is 1. The van der Waals surface area contributed by atoms with Gasteiger partial charge in [0.05, 0.1) is 5.56 Å². The largest absolute Gasteiger partial charge is 0.366 e. The molecule has 0 saturated heterocycles. The average molecular weight is 163 g/mol. The van der Waals surface area contributed by atoms with Gasteiger partial charge < -0.3 is 5.73 Å². The number of hydrogen-bond donors (Lipinski definition) is 1. The first kappa shape index (κ1) is 6.71. The van der Waals surface area contributed by atoms with Gasteiger partial charge >= 0.3 is 0 Å². The fraction of sp³-hybridized carbons (Fsp3) is 0. The Balaban J connectivity index is 2.68. The van der Waals surface area contributed by atoms with Crippen LogP contribution in [-0.2, 0) is 0 Å². The first-order chi connectivity index (χ1) is 5.77. The van der Waals surface area contributed by atoms with Crippen molar-refractivity contribution in [2.45, 2.75) is 0 Å². The minimum Gasteiger partial charge on any atom is -0.366 e. The number of carbonyl (C=O) groups is 1. The summed E-state index contributed by atoms with van der Waals surface area (Å²) < 4.78 is 1.39. The summed E-state index contributed by atoms with van der Waals surface area (Å²) in [7, 11) is 0. The van der Waals surface area contributed by atoms with E-state index in [1.54, 1.807) is 12.1 Å². The van der Waals surface area contributed by atoms with Crippen molar-refractivity contribution in [3.05, 3.63) is 23.9 Å². The molecule has 60 valence electrons. The van der Waals surface area contributed by atoms with E-state index in [-0.39, 0.29) is 0 Å². The van der Waals surface area contributed by atoms with Crippen LogP contribution in [0.5, 0.6) is 0 Å². The van der Waals surface area contributed by atoms with Gasteiger partial charge in [0.15, 0.2) is 5.65 Å². The summed E-state index contributed by atoms with van der Waals surface area (Å²) in [5.41, 5.74) is 6.02. The molecule has 2 rings (SSSR count). The molecule has 2 aromatic rings. The lowest BCUT2D eigenvalue weighted by Gasteiger charge is -1.93. The van der Waals surface area contributed by atoms with E-state index in [9.17, 15) is 4.79 Å². The third-order valence-corrected chi connectivity index (χ3v) is 1.48. The minimum absolute atomic E-state index is 0.384. The molecule has 0 atom stereocenters. The molecule has 2 aromatic heterocycles. The van der Waals surface area contributed by atoms with Gasteiger partial charge in [-0.15, -0.1) is 5.10 Å². The Kier molecular flexibility index (Phi) is 1.26. The second-order valence-electron chi connectivity index (χ2n) is 2.26. The van der Waals surface area contributed by atoms with Crippen LogP contribution in [0.1, 0.15) is 10.4 Å². The highest BCUT2D eigenvalue weighted by atomic mass is 16.1. The Labute approximate surface area is 67.0 Å². The Morgan fingerprint density at radius 1 is 1.50 bits per heavy atom. The van der Waals surface area contributed by atoms with Crippen molar-refractivity contribution in [2.75, 3.05) is 0 Å². The maximum atomic E-state index is 10.7. The van der Waals surface area contributed by atoms with E-state index in [0.717, 1.165) is 0 Å². The SMILES string of the molecule is NC(=O)c1ccc2nnnn2c1. The molecule has 12 heavy (non-hydrogen) atoms. The van der Waals surface area contributed by atoms with Gasteiger partial charge in [0.2, 0.25) is 5.91 Å². The molecule has 0 aliphatic heterocycles. The third kappa shape index (κ3) is 0.895. The Morgan fingerprint density at radius 2 is 2.33 bits per heavy atom. The van der Waals surface area contributed by atoms with Gasteiger partial charge in [-0.25, -0.2) is 0 Å². The molecular weight excluding hydrogens is 158 g/mol. The van der Waals surface area contributed by atoms with E-state index in [1.165, 1.54) is 10.7 Å². The Bertz CT molecular complexity index is 434. The zero-order valence-corrected chi connectivity index (χ0v) is 6.01. The topological polar surface area (TPSA) is 86.2 Å². The number of nitrogens with zero attached hydrogens (tertiary/aromatic N) is 4. The molecular formula is C6H5N5O. The highest BCUT2D eigenvalue weighted by Crippen LogP contribution is 2.00. The van der Waals surface area contributed by atoms with Crippen LogP contribution in [0, 0.1) is 0 Å². The van der Waals surface area contributed by atoms with Crippen molar-refractivity contribution in [3.63, 3.8) is 0 Å². The van der Waals surface area contributed by atoms with Crippen molar-refractivity contribution in [3.8, 4) is 0 Å². The fourth-order valence-corrected chi connectivity index (χ4v) is 0.887. The van der Waals surface area contributed by atoms with Gasteiger partial charge in [-0.2, -0.15) is 4.52 Å². The van der Waals surface area contributed by atoms with Crippen molar-refractivity contribution in [2.24, 2.45) is 5.73 Å². The number of tetrazole rings is 1. The van der Waals surface area contributed by atoms with E-state index in [2.05, 4.69) is 15.5 Å². The predicted octanol–water partition coefficient (Wildman–Crippen LogP) is -0.777. The van der Waals surface area contributed by atoms with Gasteiger partial charge in [0, 0.05) is 6.20 Å². The predicted molar refractivity (Wildman–Crippen MR) is 39.3 cm³/mol. The number of rotatable bonds is 1. The van der Waals surface area contributed by atoms with Crippen LogP contribution in [0.4, 0.5) is 0 Å². The molecule has 0 aliphatic carbocycles. The maximum Gasteiger partial charge on any atom is 0.250 e. The summed E-state index contributed by atoms with van der Waals surface area (Å²) in [5, 5.41) is 10.7. The van der Waals surface area contributed by atoms with Crippen LogP contribution < -0.4 is 5.73 Å². The maximum absolute atomic E-state index is 10.7. The summed E-state index contributed by atoms with van der Waals surface area (Å²) >= 11 is 0. The van der Waals surface area contributed by atoms with Crippen LogP contribution >= 0.6 is 0 Å². The van der Waals surface area contributed by atoms with E-state index in [1.807, 2.05) is 0 Å². The first-order valence-corrected chi connectivity index (χ1v) is 3.25. The average Bonchev–Trinajstić information content (AvgIpc) is 2.49. The third-order valence-electron chi connectivity index (χ3n) is 1.48. The molecule has 1 amide bonds. The van der Waals surface area contributed by atoms with Crippen LogP contribution in [0.15, 0.2) is 18.3 Å². The van der Waals surface area contributed by atoms with Crippen molar-refractivity contribution < 1.29 is 4.79 Å². The van der Waals surface area contributed by atoms with Crippen molar-refractivity contribution in [1.29, 1.82) is 0 Å². The lowest BCUT2D eigenvalue weighted by molar-refractivity contribution is 0.1000. The minimum atomic E-state index is -0.493. The van der Waals surface area contributed by atoms with Crippen LogP contribution in [0.3, 0.4) is 0 Å². The molecule has 0 fully saturated rings. The zero-order chi connectivity index (χ0) is 8.55. The lowest BCUT2D eigenvalue weighted by Crippen LogP contribution is -2.11. The van der Waals surface area contributed by atoms with Gasteiger partial charge in [0.1, 0.15) is 0 Å². The highest BCUT2D eigenvalue weighted by molar-refractivity contribution is 5.92. The molecule has 2 heterocycles. The number of amides is 1. The van der Waals surface area contributed by atoms with Crippen molar-refractivity contribution in [1.82, 2.24) is 20.0 Å². The van der Waals surface area contributed by atoms with E-state index >= 15 is 0 Å². The number of aromatic nitrogens is 4. The summed E-state index contributed by atoms with van der Waals surface area (Å²) in [6.45, 7) is 0. The Morgan fingerprint density at radius 3 is 3.08 bits per heavy atom. The number of hydrogen-bond acceptors (Lipinski definition) is 4. The fourth-order valence-electron chi connectivity index (χ4n) is 0.887. The number of primary amides is 1. The van der Waals surface area contributed by atoms with Gasteiger partial charge in [0.25, 0.3) is 0 Å². The summed E-state index contributed by atoms with van der Waals surface area (Å²) in [6, 6.07) is 3.20. The number of carbonyl (C=O) groups excluding carboxylic acids is 1. The number of nitrogens with two attached hydrogens (primary N) is 1. The van der Waals surface area contributed by atoms with E-state index < -0.39 is 5.91 Å². The summed E-state index contributed by atoms with van der Waals surface area (Å²) in [6.07, 6.45) is 1.48. The van der Waals surface area contributed by atoms with E-state index in [0.29, 0.717) is 11.2 Å². The normalized spacial score (nSPS) is 10.3. The van der Waals surface area contributed by atoms with E-state index in [4.69, 9.17) is 5.73 Å². The highest BCUT2D eigenvalue weighted by Gasteiger charge is 2.02. The monoisotopic (exact) mass is 163 g/mol. The lowest BCUT2D eigenvalue weighted by atomic mass is 10.3.